The van der Waals surface area contributed by atoms with Crippen LogP contribution in [0.5, 0.6) is 0 Å². The third-order valence-corrected chi connectivity index (χ3v) is 6.31. The third kappa shape index (κ3) is 3.66. The summed E-state index contributed by atoms with van der Waals surface area (Å²) < 4.78 is 2.31. The second-order valence-electron chi connectivity index (χ2n) is 8.22. The van der Waals surface area contributed by atoms with E-state index in [0.29, 0.717) is 30.5 Å². The Balaban J connectivity index is 1.49. The van der Waals surface area contributed by atoms with E-state index in [0.717, 1.165) is 53.6 Å². The Hall–Kier alpha value is -3.66. The van der Waals surface area contributed by atoms with E-state index >= 15 is 0 Å². The largest absolute Gasteiger partial charge is 0.346 e. The zero-order valence-electron chi connectivity index (χ0n) is 17.2. The first kappa shape index (κ1) is 19.3. The number of nitrogens with zero attached hydrogens (tertiary/aromatic N) is 4. The Kier molecular flexibility index (Phi) is 5.13. The van der Waals surface area contributed by atoms with Crippen molar-refractivity contribution in [2.75, 3.05) is 0 Å². The molecule has 0 saturated heterocycles. The Bertz CT molecular complexity index is 1260. The van der Waals surface area contributed by atoms with Crippen molar-refractivity contribution in [1.82, 2.24) is 24.8 Å². The maximum absolute atomic E-state index is 12.6. The number of imidazole rings is 1. The van der Waals surface area contributed by atoms with Gasteiger partial charge in [-0.2, -0.15) is 5.26 Å². The molecule has 4 aromatic rings. The van der Waals surface area contributed by atoms with Gasteiger partial charge in [-0.1, -0.05) is 18.2 Å². The summed E-state index contributed by atoms with van der Waals surface area (Å²) >= 11 is 0. The molecule has 5 rings (SSSR count). The minimum Gasteiger partial charge on any atom is -0.346 e. The normalized spacial score (nSPS) is 18.8. The van der Waals surface area contributed by atoms with Crippen molar-refractivity contribution in [2.45, 2.75) is 44.7 Å². The van der Waals surface area contributed by atoms with Crippen molar-refractivity contribution < 1.29 is 4.79 Å². The van der Waals surface area contributed by atoms with E-state index in [1.54, 1.807) is 6.20 Å². The molecular formula is C24H24N6O. The number of pyridine rings is 1. The minimum absolute atomic E-state index is 0.109. The summed E-state index contributed by atoms with van der Waals surface area (Å²) in [6.07, 6.45) is 8.41. The van der Waals surface area contributed by atoms with Gasteiger partial charge in [-0.3, -0.25) is 4.79 Å². The summed E-state index contributed by atoms with van der Waals surface area (Å²) in [6, 6.07) is 13.9. The maximum atomic E-state index is 12.6. The summed E-state index contributed by atoms with van der Waals surface area (Å²) in [5, 5.41) is 13.1. The Morgan fingerprint density at radius 3 is 2.77 bits per heavy atom. The third-order valence-electron chi connectivity index (χ3n) is 6.31. The molecule has 156 valence electrons. The molecule has 1 aromatic carbocycles. The molecule has 1 saturated carbocycles. The van der Waals surface area contributed by atoms with Crippen molar-refractivity contribution >= 4 is 28.0 Å². The molecule has 0 aliphatic heterocycles. The van der Waals surface area contributed by atoms with Gasteiger partial charge in [-0.15, -0.1) is 0 Å². The lowest BCUT2D eigenvalue weighted by Crippen LogP contribution is -2.26. The number of aromatic amines is 1. The van der Waals surface area contributed by atoms with Gasteiger partial charge in [0.15, 0.2) is 0 Å². The van der Waals surface area contributed by atoms with E-state index in [2.05, 4.69) is 25.9 Å². The van der Waals surface area contributed by atoms with Gasteiger partial charge in [-0.25, -0.2) is 9.97 Å². The Labute approximate surface area is 180 Å². The number of nitrogens with one attached hydrogen (secondary N) is 2. The Morgan fingerprint density at radius 2 is 2.00 bits per heavy atom. The fourth-order valence-electron chi connectivity index (χ4n) is 4.75. The molecule has 0 bridgehead atoms. The van der Waals surface area contributed by atoms with E-state index in [1.807, 2.05) is 42.6 Å². The standard InChI is InChI=1S/C24H24N6O/c25-12-10-16-6-8-18(9-7-16)30-21(15-28-24(31)17-4-2-1-3-5-17)29-20-14-27-23-19(22(20)30)11-13-26-23/h1-5,11,13-14,16,18H,6-10,15H2,(H,26,27)(H,28,31)/t16-,18-. The van der Waals surface area contributed by atoms with Gasteiger partial charge in [0.1, 0.15) is 17.0 Å². The summed E-state index contributed by atoms with van der Waals surface area (Å²) in [4.78, 5) is 25.2. The number of benzene rings is 1. The monoisotopic (exact) mass is 412 g/mol. The highest BCUT2D eigenvalue weighted by molar-refractivity contribution is 6.01. The van der Waals surface area contributed by atoms with Crippen LogP contribution in [0.3, 0.4) is 0 Å². The first-order valence-corrected chi connectivity index (χ1v) is 10.8. The van der Waals surface area contributed by atoms with Gasteiger partial charge in [0.2, 0.25) is 0 Å². The molecule has 1 aliphatic carbocycles. The number of carbonyl (C=O) groups is 1. The molecular weight excluding hydrogens is 388 g/mol. The van der Waals surface area contributed by atoms with Crippen LogP contribution in [0, 0.1) is 17.2 Å². The molecule has 0 unspecified atom stereocenters. The molecule has 0 radical (unpaired) electrons. The predicted octanol–water partition coefficient (Wildman–Crippen LogP) is 4.49. The molecule has 1 aliphatic rings. The van der Waals surface area contributed by atoms with Gasteiger partial charge in [0, 0.05) is 29.6 Å². The van der Waals surface area contributed by atoms with Crippen molar-refractivity contribution in [3.63, 3.8) is 0 Å². The number of hydrogen-bond acceptors (Lipinski definition) is 4. The highest BCUT2D eigenvalue weighted by atomic mass is 16.1. The molecule has 0 atom stereocenters. The highest BCUT2D eigenvalue weighted by Gasteiger charge is 2.27. The van der Waals surface area contributed by atoms with E-state index in [4.69, 9.17) is 10.2 Å². The molecule has 2 N–H and O–H groups in total. The van der Waals surface area contributed by atoms with Crippen LogP contribution in [-0.2, 0) is 6.54 Å². The zero-order chi connectivity index (χ0) is 21.2. The van der Waals surface area contributed by atoms with Gasteiger partial charge < -0.3 is 14.9 Å². The molecule has 0 spiro atoms. The number of H-pyrrole nitrogens is 1. The number of rotatable bonds is 5. The van der Waals surface area contributed by atoms with Crippen LogP contribution >= 0.6 is 0 Å². The van der Waals surface area contributed by atoms with Crippen LogP contribution in [-0.4, -0.2) is 25.4 Å². The summed E-state index contributed by atoms with van der Waals surface area (Å²) in [5.74, 6) is 1.21. The van der Waals surface area contributed by atoms with Crippen LogP contribution in [0.4, 0.5) is 0 Å². The lowest BCUT2D eigenvalue weighted by Gasteiger charge is -2.30. The van der Waals surface area contributed by atoms with Crippen molar-refractivity contribution in [2.24, 2.45) is 5.92 Å². The van der Waals surface area contributed by atoms with E-state index < -0.39 is 0 Å². The lowest BCUT2D eigenvalue weighted by atomic mass is 9.84. The first-order valence-electron chi connectivity index (χ1n) is 10.8. The molecule has 1 fully saturated rings. The second kappa shape index (κ2) is 8.23. The number of nitriles is 1. The quantitative estimate of drug-likeness (QED) is 0.504. The van der Waals surface area contributed by atoms with Crippen LogP contribution in [0.15, 0.2) is 48.8 Å². The second-order valence-corrected chi connectivity index (χ2v) is 8.22. The molecule has 31 heavy (non-hydrogen) atoms. The van der Waals surface area contributed by atoms with Crippen LogP contribution in [0.25, 0.3) is 22.1 Å². The summed E-state index contributed by atoms with van der Waals surface area (Å²) in [6.45, 7) is 0.354. The Morgan fingerprint density at radius 1 is 1.19 bits per heavy atom. The number of aromatic nitrogens is 4. The van der Waals surface area contributed by atoms with Gasteiger partial charge in [0.25, 0.3) is 5.91 Å². The fraction of sp³-hybridized carbons (Fsp3) is 0.333. The molecule has 3 aromatic heterocycles. The first-order chi connectivity index (χ1) is 15.2. The average Bonchev–Trinajstić information content (AvgIpc) is 3.43. The van der Waals surface area contributed by atoms with Crippen LogP contribution in [0.1, 0.15) is 54.3 Å². The summed E-state index contributed by atoms with van der Waals surface area (Å²) in [7, 11) is 0. The maximum Gasteiger partial charge on any atom is 0.251 e. The lowest BCUT2D eigenvalue weighted by molar-refractivity contribution is 0.0949. The molecule has 7 heteroatoms. The van der Waals surface area contributed by atoms with E-state index in [9.17, 15) is 4.79 Å². The van der Waals surface area contributed by atoms with Crippen molar-refractivity contribution in [3.8, 4) is 6.07 Å². The molecule has 7 nitrogen and oxygen atoms in total. The number of carbonyl (C=O) groups excluding carboxylic acids is 1. The van der Waals surface area contributed by atoms with Crippen LogP contribution < -0.4 is 5.32 Å². The highest BCUT2D eigenvalue weighted by Crippen LogP contribution is 2.37. The van der Waals surface area contributed by atoms with Crippen molar-refractivity contribution in [1.29, 1.82) is 5.26 Å². The fourth-order valence-corrected chi connectivity index (χ4v) is 4.75. The van der Waals surface area contributed by atoms with E-state index in [1.165, 1.54) is 0 Å². The average molecular weight is 412 g/mol. The predicted molar refractivity (Wildman–Crippen MR) is 118 cm³/mol. The topological polar surface area (TPSA) is 99.4 Å². The molecule has 1 amide bonds. The minimum atomic E-state index is -0.109. The van der Waals surface area contributed by atoms with E-state index in [-0.39, 0.29) is 5.91 Å². The van der Waals surface area contributed by atoms with Gasteiger partial charge in [-0.05, 0) is 49.8 Å². The number of hydrogen-bond donors (Lipinski definition) is 2. The van der Waals surface area contributed by atoms with Gasteiger partial charge >= 0.3 is 0 Å². The van der Waals surface area contributed by atoms with Crippen LogP contribution in [0.2, 0.25) is 0 Å². The SMILES string of the molecule is N#CC[C@H]1CC[C@H](n2c(CNC(=O)c3ccccc3)nc3cnc4[nH]ccc4c32)CC1. The smallest absolute Gasteiger partial charge is 0.251 e. The molecule has 3 heterocycles. The van der Waals surface area contributed by atoms with Crippen molar-refractivity contribution in [3.05, 3.63) is 60.2 Å². The number of amides is 1. The summed E-state index contributed by atoms with van der Waals surface area (Å²) in [5.41, 5.74) is 3.39. The zero-order valence-corrected chi connectivity index (χ0v) is 17.2. The number of fused-ring (bicyclic) bond motifs is 3. The van der Waals surface area contributed by atoms with Gasteiger partial charge in [0.05, 0.1) is 24.3 Å².